The van der Waals surface area contributed by atoms with Gasteiger partial charge in [-0.3, -0.25) is 0 Å². The van der Waals surface area contributed by atoms with Gasteiger partial charge >= 0.3 is 12.0 Å². The van der Waals surface area contributed by atoms with E-state index in [9.17, 15) is 9.59 Å². The van der Waals surface area contributed by atoms with Gasteiger partial charge in [-0.1, -0.05) is 5.16 Å². The Morgan fingerprint density at radius 2 is 2.33 bits per heavy atom. The molecule has 2 aromatic heterocycles. The Kier molecular flexibility index (Phi) is 4.85. The number of carbonyl (C=O) groups excluding carboxylic acids is 1. The number of H-pyrrole nitrogens is 1. The zero-order valence-electron chi connectivity index (χ0n) is 10.9. The molecule has 2 rings (SSSR count). The summed E-state index contributed by atoms with van der Waals surface area (Å²) in [7, 11) is 0. The number of carboxylic acid groups (broad SMARTS) is 1. The summed E-state index contributed by atoms with van der Waals surface area (Å²) in [5.74, 6) is -0.737. The molecule has 0 aromatic carbocycles. The minimum Gasteiger partial charge on any atom is -0.480 e. The largest absolute Gasteiger partial charge is 0.480 e. The van der Waals surface area contributed by atoms with Gasteiger partial charge in [0.1, 0.15) is 6.04 Å². The quantitative estimate of drug-likeness (QED) is 0.529. The summed E-state index contributed by atoms with van der Waals surface area (Å²) in [5, 5.41) is 17.4. The zero-order valence-corrected chi connectivity index (χ0v) is 10.9. The van der Waals surface area contributed by atoms with Gasteiger partial charge < -0.3 is 25.2 Å². The van der Waals surface area contributed by atoms with Crippen molar-refractivity contribution in [2.45, 2.75) is 18.9 Å². The van der Waals surface area contributed by atoms with Gasteiger partial charge in [0.05, 0.1) is 6.33 Å². The minimum absolute atomic E-state index is 0.117. The highest BCUT2D eigenvalue weighted by Gasteiger charge is 2.20. The molecule has 0 fully saturated rings. The predicted molar refractivity (Wildman–Crippen MR) is 68.3 cm³/mol. The summed E-state index contributed by atoms with van der Waals surface area (Å²) < 4.78 is 4.77. The number of aliphatic carboxylic acids is 1. The molecule has 2 aromatic rings. The average molecular weight is 294 g/mol. The molecular formula is C11H14N6O4. The molecule has 2 heterocycles. The van der Waals surface area contributed by atoms with Crippen LogP contribution in [0.1, 0.15) is 11.6 Å². The van der Waals surface area contributed by atoms with Crippen molar-refractivity contribution in [3.05, 3.63) is 30.4 Å². The van der Waals surface area contributed by atoms with Crippen molar-refractivity contribution in [2.24, 2.45) is 0 Å². The number of nitrogens with one attached hydrogen (secondary N) is 3. The second-order valence-electron chi connectivity index (χ2n) is 4.16. The summed E-state index contributed by atoms with van der Waals surface area (Å²) in [4.78, 5) is 33.1. The van der Waals surface area contributed by atoms with Crippen molar-refractivity contribution in [1.82, 2.24) is 30.7 Å². The Hall–Kier alpha value is -2.91. The number of carboxylic acids is 1. The van der Waals surface area contributed by atoms with E-state index in [-0.39, 0.29) is 13.0 Å². The van der Waals surface area contributed by atoms with Crippen LogP contribution in [0.4, 0.5) is 4.79 Å². The third-order valence-electron chi connectivity index (χ3n) is 2.61. The van der Waals surface area contributed by atoms with Crippen LogP contribution in [0.25, 0.3) is 0 Å². The first-order chi connectivity index (χ1) is 10.1. The summed E-state index contributed by atoms with van der Waals surface area (Å²) in [6.45, 7) is 0.254. The number of hydrogen-bond acceptors (Lipinski definition) is 6. The van der Waals surface area contributed by atoms with Crippen molar-refractivity contribution >= 4 is 12.0 Å². The van der Waals surface area contributed by atoms with Gasteiger partial charge in [0, 0.05) is 31.3 Å². The lowest BCUT2D eigenvalue weighted by Gasteiger charge is -2.14. The van der Waals surface area contributed by atoms with Gasteiger partial charge in [-0.05, 0) is 0 Å². The SMILES string of the molecule is O=C(NCCc1ncno1)N[C@@H](Cc1cnc[nH]1)C(=O)O. The smallest absolute Gasteiger partial charge is 0.326 e. The second-order valence-corrected chi connectivity index (χ2v) is 4.16. The number of rotatable bonds is 7. The van der Waals surface area contributed by atoms with Gasteiger partial charge in [0.2, 0.25) is 5.89 Å². The van der Waals surface area contributed by atoms with Crippen LogP contribution < -0.4 is 10.6 Å². The Morgan fingerprint density at radius 3 is 2.95 bits per heavy atom. The van der Waals surface area contributed by atoms with Gasteiger partial charge in [0.15, 0.2) is 6.33 Å². The first-order valence-electron chi connectivity index (χ1n) is 6.15. The topological polar surface area (TPSA) is 146 Å². The third-order valence-corrected chi connectivity index (χ3v) is 2.61. The van der Waals surface area contributed by atoms with Crippen LogP contribution in [0.2, 0.25) is 0 Å². The molecule has 0 spiro atoms. The van der Waals surface area contributed by atoms with Crippen LogP contribution in [0.3, 0.4) is 0 Å². The highest BCUT2D eigenvalue weighted by atomic mass is 16.5. The maximum atomic E-state index is 11.6. The number of imidazole rings is 1. The van der Waals surface area contributed by atoms with Gasteiger partial charge in [-0.25, -0.2) is 14.6 Å². The van der Waals surface area contributed by atoms with Crippen molar-refractivity contribution in [2.75, 3.05) is 6.54 Å². The Morgan fingerprint density at radius 1 is 1.48 bits per heavy atom. The lowest BCUT2D eigenvalue weighted by molar-refractivity contribution is -0.139. The number of aromatic nitrogens is 4. The molecule has 0 unspecified atom stereocenters. The fraction of sp³-hybridized carbons (Fsp3) is 0.364. The molecule has 0 saturated heterocycles. The molecule has 10 heteroatoms. The number of nitrogens with zero attached hydrogens (tertiary/aromatic N) is 3. The van der Waals surface area contributed by atoms with E-state index in [4.69, 9.17) is 9.63 Å². The lowest BCUT2D eigenvalue weighted by atomic mass is 10.2. The van der Waals surface area contributed by atoms with Crippen LogP contribution in [0.15, 0.2) is 23.4 Å². The number of amides is 2. The molecule has 0 bridgehead atoms. The van der Waals surface area contributed by atoms with E-state index in [1.807, 2.05) is 0 Å². The van der Waals surface area contributed by atoms with Crippen LogP contribution in [0.5, 0.6) is 0 Å². The maximum absolute atomic E-state index is 11.6. The summed E-state index contributed by atoms with van der Waals surface area (Å²) in [5.41, 5.74) is 0.619. The predicted octanol–water partition coefficient (Wildman–Crippen LogP) is -0.670. The first-order valence-corrected chi connectivity index (χ1v) is 6.15. The normalized spacial score (nSPS) is 11.8. The van der Waals surface area contributed by atoms with Crippen LogP contribution in [0, 0.1) is 0 Å². The van der Waals surface area contributed by atoms with E-state index < -0.39 is 18.0 Å². The highest BCUT2D eigenvalue weighted by Crippen LogP contribution is 1.99. The van der Waals surface area contributed by atoms with Crippen LogP contribution in [-0.4, -0.2) is 49.8 Å². The van der Waals surface area contributed by atoms with Crippen molar-refractivity contribution in [3.8, 4) is 0 Å². The van der Waals surface area contributed by atoms with E-state index in [1.165, 1.54) is 18.9 Å². The fourth-order valence-electron chi connectivity index (χ4n) is 1.61. The molecule has 0 aliphatic heterocycles. The van der Waals surface area contributed by atoms with E-state index in [1.54, 1.807) is 0 Å². The van der Waals surface area contributed by atoms with Crippen LogP contribution in [-0.2, 0) is 17.6 Å². The van der Waals surface area contributed by atoms with Crippen LogP contribution >= 0.6 is 0 Å². The fourth-order valence-corrected chi connectivity index (χ4v) is 1.61. The second kappa shape index (κ2) is 7.03. The first kappa shape index (κ1) is 14.5. The molecule has 21 heavy (non-hydrogen) atoms. The summed E-state index contributed by atoms with van der Waals surface area (Å²) in [6, 6.07) is -1.63. The van der Waals surface area contributed by atoms with Crippen molar-refractivity contribution in [1.29, 1.82) is 0 Å². The maximum Gasteiger partial charge on any atom is 0.326 e. The average Bonchev–Trinajstić information content (AvgIpc) is 3.10. The Bertz CT molecular complexity index is 568. The third kappa shape index (κ3) is 4.60. The summed E-state index contributed by atoms with van der Waals surface area (Å²) in [6.07, 6.45) is 4.70. The Balaban J connectivity index is 1.76. The molecule has 4 N–H and O–H groups in total. The van der Waals surface area contributed by atoms with Gasteiger partial charge in [0.25, 0.3) is 0 Å². The number of hydrogen-bond donors (Lipinski definition) is 4. The minimum atomic E-state index is -1.13. The molecule has 0 radical (unpaired) electrons. The molecule has 0 aliphatic carbocycles. The Labute approximate surface area is 119 Å². The monoisotopic (exact) mass is 294 g/mol. The van der Waals surface area contributed by atoms with E-state index in [0.717, 1.165) is 0 Å². The van der Waals surface area contributed by atoms with E-state index in [0.29, 0.717) is 18.0 Å². The number of urea groups is 1. The number of carbonyl (C=O) groups is 2. The molecule has 2 amide bonds. The van der Waals surface area contributed by atoms with Gasteiger partial charge in [-0.2, -0.15) is 4.98 Å². The summed E-state index contributed by atoms with van der Waals surface area (Å²) >= 11 is 0. The molecule has 0 aliphatic rings. The lowest BCUT2D eigenvalue weighted by Crippen LogP contribution is -2.47. The molecule has 1 atom stereocenters. The van der Waals surface area contributed by atoms with Gasteiger partial charge in [-0.15, -0.1) is 0 Å². The molecule has 0 saturated carbocycles. The highest BCUT2D eigenvalue weighted by molar-refractivity contribution is 5.82. The van der Waals surface area contributed by atoms with Crippen molar-refractivity contribution < 1.29 is 19.2 Å². The molecule has 112 valence electrons. The zero-order chi connectivity index (χ0) is 15.1. The van der Waals surface area contributed by atoms with E-state index >= 15 is 0 Å². The molecule has 10 nitrogen and oxygen atoms in total. The van der Waals surface area contributed by atoms with E-state index in [2.05, 4.69) is 30.7 Å². The molecular weight excluding hydrogens is 280 g/mol. The standard InChI is InChI=1S/C11H14N6O4/c18-10(19)8(3-7-4-12-5-14-7)17-11(20)13-2-1-9-15-6-16-21-9/h4-6,8H,1-3H2,(H,12,14)(H,18,19)(H2,13,17,20)/t8-/m0/s1. The van der Waals surface area contributed by atoms with Crippen molar-refractivity contribution in [3.63, 3.8) is 0 Å². The number of aromatic amines is 1.